The summed E-state index contributed by atoms with van der Waals surface area (Å²) in [6, 6.07) is 0. The van der Waals surface area contributed by atoms with Crippen LogP contribution in [-0.4, -0.2) is 44.7 Å². The highest BCUT2D eigenvalue weighted by Crippen LogP contribution is 2.44. The van der Waals surface area contributed by atoms with Crippen molar-refractivity contribution in [2.24, 2.45) is 22.5 Å². The van der Waals surface area contributed by atoms with E-state index in [4.69, 9.17) is 5.73 Å². The van der Waals surface area contributed by atoms with Crippen LogP contribution < -0.4 is 11.1 Å². The molecular formula is C14H29N3. The van der Waals surface area contributed by atoms with Gasteiger partial charge in [0, 0.05) is 19.6 Å². The van der Waals surface area contributed by atoms with Gasteiger partial charge in [-0.3, -0.25) is 0 Å². The number of nitrogens with two attached hydrogens (primary N) is 1. The van der Waals surface area contributed by atoms with Crippen LogP contribution in [0.25, 0.3) is 0 Å². The van der Waals surface area contributed by atoms with Crippen LogP contribution in [0.3, 0.4) is 0 Å². The van der Waals surface area contributed by atoms with Gasteiger partial charge in [0.2, 0.25) is 0 Å². The summed E-state index contributed by atoms with van der Waals surface area (Å²) in [5, 5.41) is 3.67. The molecule has 100 valence electrons. The smallest absolute Gasteiger partial charge is 0.00201 e. The van der Waals surface area contributed by atoms with Gasteiger partial charge >= 0.3 is 0 Å². The Balaban J connectivity index is 1.73. The minimum absolute atomic E-state index is 0.412. The SMILES string of the molecule is CN1CCC(C(C)(C)CNCC2(CN)CC2)C1. The zero-order chi connectivity index (χ0) is 12.5. The minimum atomic E-state index is 0.412. The van der Waals surface area contributed by atoms with Crippen LogP contribution in [0.4, 0.5) is 0 Å². The second-order valence-corrected chi connectivity index (χ2v) is 7.04. The first kappa shape index (κ1) is 13.3. The number of hydrogen-bond donors (Lipinski definition) is 2. The predicted octanol–water partition coefficient (Wildman–Crippen LogP) is 1.29. The van der Waals surface area contributed by atoms with Crippen molar-refractivity contribution >= 4 is 0 Å². The quantitative estimate of drug-likeness (QED) is 0.734. The second kappa shape index (κ2) is 4.87. The van der Waals surface area contributed by atoms with Gasteiger partial charge in [0.05, 0.1) is 0 Å². The van der Waals surface area contributed by atoms with Gasteiger partial charge in [-0.25, -0.2) is 0 Å². The van der Waals surface area contributed by atoms with Crippen molar-refractivity contribution in [3.05, 3.63) is 0 Å². The van der Waals surface area contributed by atoms with E-state index in [0.29, 0.717) is 10.8 Å². The van der Waals surface area contributed by atoms with Crippen LogP contribution >= 0.6 is 0 Å². The molecule has 0 amide bonds. The summed E-state index contributed by atoms with van der Waals surface area (Å²) in [7, 11) is 2.23. The number of nitrogens with one attached hydrogen (secondary N) is 1. The van der Waals surface area contributed by atoms with Crippen LogP contribution in [0, 0.1) is 16.7 Å². The van der Waals surface area contributed by atoms with E-state index in [0.717, 1.165) is 25.6 Å². The van der Waals surface area contributed by atoms with Gasteiger partial charge in [-0.1, -0.05) is 13.8 Å². The highest BCUT2D eigenvalue weighted by Gasteiger charge is 2.41. The molecule has 1 heterocycles. The Bertz CT molecular complexity index is 258. The zero-order valence-corrected chi connectivity index (χ0v) is 11.8. The van der Waals surface area contributed by atoms with E-state index in [9.17, 15) is 0 Å². The van der Waals surface area contributed by atoms with Gasteiger partial charge in [0.25, 0.3) is 0 Å². The van der Waals surface area contributed by atoms with Gasteiger partial charge < -0.3 is 16.0 Å². The molecule has 2 fully saturated rings. The molecular weight excluding hydrogens is 210 g/mol. The third-order valence-electron chi connectivity index (χ3n) is 4.97. The van der Waals surface area contributed by atoms with Crippen molar-refractivity contribution in [1.29, 1.82) is 0 Å². The standard InChI is InChI=1S/C14H29N3/c1-13(2,12-4-7-17(3)8-12)10-16-11-14(9-15)5-6-14/h12,16H,4-11,15H2,1-3H3. The third kappa shape index (κ3) is 3.21. The average molecular weight is 239 g/mol. The molecule has 3 heteroatoms. The van der Waals surface area contributed by atoms with Crippen LogP contribution in [-0.2, 0) is 0 Å². The number of rotatable bonds is 6. The maximum Gasteiger partial charge on any atom is 0.00201 e. The Morgan fingerprint density at radius 1 is 1.41 bits per heavy atom. The Morgan fingerprint density at radius 2 is 2.12 bits per heavy atom. The van der Waals surface area contributed by atoms with E-state index < -0.39 is 0 Å². The van der Waals surface area contributed by atoms with Crippen LogP contribution in [0.1, 0.15) is 33.1 Å². The number of likely N-dealkylation sites (tertiary alicyclic amines) is 1. The van der Waals surface area contributed by atoms with E-state index in [-0.39, 0.29) is 0 Å². The average Bonchev–Trinajstić information content (AvgIpc) is 2.92. The summed E-state index contributed by atoms with van der Waals surface area (Å²) in [6.45, 7) is 10.4. The number of hydrogen-bond acceptors (Lipinski definition) is 3. The van der Waals surface area contributed by atoms with Crippen LogP contribution in [0.15, 0.2) is 0 Å². The maximum absolute atomic E-state index is 5.81. The van der Waals surface area contributed by atoms with E-state index >= 15 is 0 Å². The topological polar surface area (TPSA) is 41.3 Å². The lowest BCUT2D eigenvalue weighted by atomic mass is 9.78. The van der Waals surface area contributed by atoms with Crippen molar-refractivity contribution < 1.29 is 0 Å². The molecule has 0 aromatic carbocycles. The lowest BCUT2D eigenvalue weighted by molar-refractivity contribution is 0.202. The summed E-state index contributed by atoms with van der Waals surface area (Å²) in [5.41, 5.74) is 6.69. The van der Waals surface area contributed by atoms with Crippen LogP contribution in [0.5, 0.6) is 0 Å². The molecule has 2 rings (SSSR count). The maximum atomic E-state index is 5.81. The molecule has 2 aliphatic rings. The van der Waals surface area contributed by atoms with Gasteiger partial charge in [-0.15, -0.1) is 0 Å². The molecule has 0 radical (unpaired) electrons. The molecule has 0 aromatic heterocycles. The lowest BCUT2D eigenvalue weighted by Crippen LogP contribution is -2.40. The summed E-state index contributed by atoms with van der Waals surface area (Å²) in [5.74, 6) is 0.841. The summed E-state index contributed by atoms with van der Waals surface area (Å²) < 4.78 is 0. The van der Waals surface area contributed by atoms with E-state index in [2.05, 4.69) is 31.1 Å². The summed E-state index contributed by atoms with van der Waals surface area (Å²) in [4.78, 5) is 2.45. The highest BCUT2D eigenvalue weighted by molar-refractivity contribution is 4.96. The van der Waals surface area contributed by atoms with Crippen molar-refractivity contribution in [2.45, 2.75) is 33.1 Å². The molecule has 0 bridgehead atoms. The number of nitrogens with zero attached hydrogens (tertiary/aromatic N) is 1. The van der Waals surface area contributed by atoms with E-state index in [1.807, 2.05) is 0 Å². The van der Waals surface area contributed by atoms with Crippen molar-refractivity contribution in [2.75, 3.05) is 39.8 Å². The minimum Gasteiger partial charge on any atom is -0.330 e. The Kier molecular flexibility index (Phi) is 3.81. The molecule has 1 aliphatic heterocycles. The van der Waals surface area contributed by atoms with Gasteiger partial charge in [-0.05, 0) is 56.1 Å². The molecule has 1 saturated carbocycles. The highest BCUT2D eigenvalue weighted by atomic mass is 15.1. The van der Waals surface area contributed by atoms with Crippen LogP contribution in [0.2, 0.25) is 0 Å². The summed E-state index contributed by atoms with van der Waals surface area (Å²) >= 11 is 0. The fraction of sp³-hybridized carbons (Fsp3) is 1.00. The Hall–Kier alpha value is -0.120. The van der Waals surface area contributed by atoms with Crippen molar-refractivity contribution in [1.82, 2.24) is 10.2 Å². The zero-order valence-electron chi connectivity index (χ0n) is 11.8. The van der Waals surface area contributed by atoms with E-state index in [1.54, 1.807) is 0 Å². The second-order valence-electron chi connectivity index (χ2n) is 7.04. The van der Waals surface area contributed by atoms with Crippen molar-refractivity contribution in [3.63, 3.8) is 0 Å². The lowest BCUT2D eigenvalue weighted by Gasteiger charge is -2.32. The molecule has 1 unspecified atom stereocenters. The summed E-state index contributed by atoms with van der Waals surface area (Å²) in [6.07, 6.45) is 4.00. The van der Waals surface area contributed by atoms with Gasteiger partial charge in [0.15, 0.2) is 0 Å². The first-order chi connectivity index (χ1) is 7.97. The molecule has 1 aliphatic carbocycles. The molecule has 0 aromatic rings. The molecule has 3 nitrogen and oxygen atoms in total. The Morgan fingerprint density at radius 3 is 2.59 bits per heavy atom. The molecule has 1 atom stereocenters. The third-order valence-corrected chi connectivity index (χ3v) is 4.97. The fourth-order valence-corrected chi connectivity index (χ4v) is 3.00. The first-order valence-electron chi connectivity index (χ1n) is 7.07. The monoisotopic (exact) mass is 239 g/mol. The van der Waals surface area contributed by atoms with Crippen molar-refractivity contribution in [3.8, 4) is 0 Å². The molecule has 1 saturated heterocycles. The first-order valence-corrected chi connectivity index (χ1v) is 7.07. The van der Waals surface area contributed by atoms with Gasteiger partial charge in [0.1, 0.15) is 0 Å². The normalized spacial score (nSPS) is 28.6. The largest absolute Gasteiger partial charge is 0.330 e. The Labute approximate surface area is 106 Å². The van der Waals surface area contributed by atoms with Gasteiger partial charge in [-0.2, -0.15) is 0 Å². The molecule has 17 heavy (non-hydrogen) atoms. The van der Waals surface area contributed by atoms with E-state index in [1.165, 1.54) is 32.4 Å². The molecule has 3 N–H and O–H groups in total. The predicted molar refractivity (Wildman–Crippen MR) is 73.0 cm³/mol. The fourth-order valence-electron chi connectivity index (χ4n) is 3.00. The molecule has 0 spiro atoms.